The third-order valence-corrected chi connectivity index (χ3v) is 10.5. The summed E-state index contributed by atoms with van der Waals surface area (Å²) in [6.07, 6.45) is 0. The fourth-order valence-corrected chi connectivity index (χ4v) is 8.20. The van der Waals surface area contributed by atoms with E-state index in [0.29, 0.717) is 0 Å². The zero-order chi connectivity index (χ0) is 31.3. The quantitative estimate of drug-likeness (QED) is 0.191. The molecule has 0 spiro atoms. The Morgan fingerprint density at radius 2 is 0.936 bits per heavy atom. The van der Waals surface area contributed by atoms with Gasteiger partial charge in [-0.25, -0.2) is 0 Å². The molecule has 1 aliphatic heterocycles. The van der Waals surface area contributed by atoms with Crippen molar-refractivity contribution in [3.05, 3.63) is 169 Å². The Labute approximate surface area is 273 Å². The van der Waals surface area contributed by atoms with Crippen LogP contribution in [0.5, 0.6) is 0 Å². The number of hydrogen-bond donors (Lipinski definition) is 0. The predicted molar refractivity (Wildman–Crippen MR) is 198 cm³/mol. The van der Waals surface area contributed by atoms with E-state index in [-0.39, 0.29) is 5.41 Å². The van der Waals surface area contributed by atoms with E-state index in [1.165, 1.54) is 88.4 Å². The zero-order valence-corrected chi connectivity index (χ0v) is 26.4. The average Bonchev–Trinajstić information content (AvgIpc) is 3.63. The third-order valence-electron chi connectivity index (χ3n) is 10.5. The topological polar surface area (TPSA) is 9.86 Å². The van der Waals surface area contributed by atoms with Crippen LogP contribution in [-0.2, 0) is 5.41 Å². The summed E-state index contributed by atoms with van der Waals surface area (Å²) in [7, 11) is 0. The van der Waals surface area contributed by atoms with Crippen molar-refractivity contribution in [1.82, 2.24) is 9.13 Å². The molecule has 0 unspecified atom stereocenters. The van der Waals surface area contributed by atoms with Crippen LogP contribution in [0.4, 0.5) is 0 Å². The van der Waals surface area contributed by atoms with Crippen LogP contribution in [0.15, 0.2) is 158 Å². The summed E-state index contributed by atoms with van der Waals surface area (Å²) in [6, 6.07) is 58.1. The fraction of sp³-hybridized carbons (Fsp3) is 0.0667. The maximum atomic E-state index is 2.52. The monoisotopic (exact) mass is 600 g/mol. The standard InChI is InChI=1S/C45H32N2/c1-45(2)38-18-10-12-20-41(38)47-40-19-11-9-17-34(40)37-27-33(28-39(45)44(37)47)46-42-25-31(29-13-5-3-6-14-29)21-23-35(42)36-24-22-32(26-43(36)46)30-15-7-4-8-16-30/h3-28H,1-2H3. The Bertz CT molecular complexity index is 2590. The molecule has 7 aromatic carbocycles. The normalized spacial score (nSPS) is 13.5. The highest BCUT2D eigenvalue weighted by molar-refractivity contribution is 6.14. The molecule has 0 saturated heterocycles. The van der Waals surface area contributed by atoms with Crippen molar-refractivity contribution in [1.29, 1.82) is 0 Å². The molecule has 0 atom stereocenters. The second kappa shape index (κ2) is 9.57. The van der Waals surface area contributed by atoms with Gasteiger partial charge in [0.25, 0.3) is 0 Å². The maximum absolute atomic E-state index is 2.52. The SMILES string of the molecule is CC1(C)c2ccccc2-n2c3ccccc3c3cc(-n4c5cc(-c6ccccc6)ccc5c5ccc(-c6ccccc6)cc54)cc1c32. The molecule has 0 amide bonds. The fourth-order valence-electron chi connectivity index (χ4n) is 8.20. The number of fused-ring (bicyclic) bond motifs is 8. The lowest BCUT2D eigenvalue weighted by molar-refractivity contribution is 0.630. The summed E-state index contributed by atoms with van der Waals surface area (Å²) in [5, 5.41) is 5.11. The molecule has 3 heterocycles. The molecule has 1 aliphatic rings. The average molecular weight is 601 g/mol. The number of aromatic nitrogens is 2. The van der Waals surface area contributed by atoms with Crippen molar-refractivity contribution in [2.45, 2.75) is 19.3 Å². The number of benzene rings is 7. The highest BCUT2D eigenvalue weighted by atomic mass is 15.0. The number of nitrogens with zero attached hydrogens (tertiary/aromatic N) is 2. The van der Waals surface area contributed by atoms with Crippen LogP contribution in [0.1, 0.15) is 25.0 Å². The molecule has 47 heavy (non-hydrogen) atoms. The lowest BCUT2D eigenvalue weighted by Gasteiger charge is -2.35. The summed E-state index contributed by atoms with van der Waals surface area (Å²) in [5.41, 5.74) is 14.9. The van der Waals surface area contributed by atoms with Crippen LogP contribution in [0.25, 0.3) is 77.2 Å². The van der Waals surface area contributed by atoms with Gasteiger partial charge < -0.3 is 9.13 Å². The van der Waals surface area contributed by atoms with Gasteiger partial charge in [-0.3, -0.25) is 0 Å². The summed E-state index contributed by atoms with van der Waals surface area (Å²) in [4.78, 5) is 0. The highest BCUT2D eigenvalue weighted by Gasteiger charge is 2.35. The van der Waals surface area contributed by atoms with Gasteiger partial charge in [0.15, 0.2) is 0 Å². The lowest BCUT2D eigenvalue weighted by Crippen LogP contribution is -2.26. The van der Waals surface area contributed by atoms with Gasteiger partial charge >= 0.3 is 0 Å². The van der Waals surface area contributed by atoms with Crippen molar-refractivity contribution in [2.75, 3.05) is 0 Å². The Morgan fingerprint density at radius 1 is 0.383 bits per heavy atom. The molecule has 0 N–H and O–H groups in total. The van der Waals surface area contributed by atoms with Crippen molar-refractivity contribution in [2.24, 2.45) is 0 Å². The van der Waals surface area contributed by atoms with Gasteiger partial charge in [0.2, 0.25) is 0 Å². The molecule has 0 saturated carbocycles. The molecule has 2 aromatic heterocycles. The Kier molecular flexibility index (Phi) is 5.37. The summed E-state index contributed by atoms with van der Waals surface area (Å²) in [6.45, 7) is 4.77. The molecular formula is C45H32N2. The molecule has 2 nitrogen and oxygen atoms in total. The predicted octanol–water partition coefficient (Wildman–Crippen LogP) is 11.9. The first-order valence-electron chi connectivity index (χ1n) is 16.4. The van der Waals surface area contributed by atoms with Crippen LogP contribution in [0.2, 0.25) is 0 Å². The summed E-state index contributed by atoms with van der Waals surface area (Å²) in [5.74, 6) is 0. The Hall–Kier alpha value is -5.86. The van der Waals surface area contributed by atoms with E-state index in [4.69, 9.17) is 0 Å². The van der Waals surface area contributed by atoms with E-state index in [1.54, 1.807) is 0 Å². The minimum absolute atomic E-state index is 0.182. The molecule has 9 aromatic rings. The van der Waals surface area contributed by atoms with Crippen LogP contribution < -0.4 is 0 Å². The van der Waals surface area contributed by atoms with Crippen molar-refractivity contribution in [3.8, 4) is 33.6 Å². The van der Waals surface area contributed by atoms with E-state index in [0.717, 1.165) is 0 Å². The summed E-state index contributed by atoms with van der Waals surface area (Å²) < 4.78 is 5.01. The highest BCUT2D eigenvalue weighted by Crippen LogP contribution is 2.49. The number of rotatable bonds is 3. The van der Waals surface area contributed by atoms with E-state index < -0.39 is 0 Å². The van der Waals surface area contributed by atoms with Crippen molar-refractivity contribution < 1.29 is 0 Å². The molecular weight excluding hydrogens is 569 g/mol. The van der Waals surface area contributed by atoms with Crippen LogP contribution in [0.3, 0.4) is 0 Å². The number of para-hydroxylation sites is 2. The molecule has 10 rings (SSSR count). The van der Waals surface area contributed by atoms with Gasteiger partial charge in [-0.1, -0.05) is 135 Å². The molecule has 2 heteroatoms. The van der Waals surface area contributed by atoms with Gasteiger partial charge in [-0.15, -0.1) is 0 Å². The minimum atomic E-state index is -0.182. The van der Waals surface area contributed by atoms with Crippen LogP contribution in [0, 0.1) is 0 Å². The van der Waals surface area contributed by atoms with Gasteiger partial charge in [-0.2, -0.15) is 0 Å². The van der Waals surface area contributed by atoms with Gasteiger partial charge in [0.1, 0.15) is 0 Å². The van der Waals surface area contributed by atoms with Gasteiger partial charge in [0.05, 0.1) is 27.8 Å². The smallest absolute Gasteiger partial charge is 0.0583 e. The molecule has 0 fully saturated rings. The van der Waals surface area contributed by atoms with E-state index in [1.807, 2.05) is 0 Å². The van der Waals surface area contributed by atoms with E-state index >= 15 is 0 Å². The largest absolute Gasteiger partial charge is 0.309 e. The minimum Gasteiger partial charge on any atom is -0.309 e. The van der Waals surface area contributed by atoms with Crippen LogP contribution >= 0.6 is 0 Å². The molecule has 0 radical (unpaired) electrons. The Balaban J connectivity index is 1.35. The van der Waals surface area contributed by atoms with Gasteiger partial charge in [-0.05, 0) is 69.8 Å². The molecule has 222 valence electrons. The Morgan fingerprint density at radius 3 is 1.60 bits per heavy atom. The third kappa shape index (κ3) is 3.67. The van der Waals surface area contributed by atoms with Crippen molar-refractivity contribution >= 4 is 43.6 Å². The molecule has 0 aliphatic carbocycles. The van der Waals surface area contributed by atoms with Crippen LogP contribution in [-0.4, -0.2) is 9.13 Å². The second-order valence-corrected chi connectivity index (χ2v) is 13.4. The number of hydrogen-bond acceptors (Lipinski definition) is 0. The first-order chi connectivity index (χ1) is 23.1. The van der Waals surface area contributed by atoms with E-state index in [9.17, 15) is 0 Å². The zero-order valence-electron chi connectivity index (χ0n) is 26.4. The first-order valence-corrected chi connectivity index (χ1v) is 16.4. The lowest BCUT2D eigenvalue weighted by atomic mass is 9.74. The van der Waals surface area contributed by atoms with E-state index in [2.05, 4.69) is 181 Å². The summed E-state index contributed by atoms with van der Waals surface area (Å²) >= 11 is 0. The van der Waals surface area contributed by atoms with Crippen molar-refractivity contribution in [3.63, 3.8) is 0 Å². The van der Waals surface area contributed by atoms with Gasteiger partial charge in [0, 0.05) is 32.6 Å². The molecule has 0 bridgehead atoms. The maximum Gasteiger partial charge on any atom is 0.0583 e. The second-order valence-electron chi connectivity index (χ2n) is 13.4. The first kappa shape index (κ1) is 26.4.